The first-order valence-corrected chi connectivity index (χ1v) is 1.96. The fraction of sp³-hybridized carbons (Fsp3) is 1.00. The number of hydroxylamine groups is 2. The van der Waals surface area contributed by atoms with Crippen molar-refractivity contribution >= 4 is 0 Å². The van der Waals surface area contributed by atoms with Crippen molar-refractivity contribution in [1.82, 2.24) is 5.23 Å². The smallest absolute Gasteiger partial charge is 0.0826 e. The number of hydrogen-bond acceptors (Lipinski definition) is 4. The van der Waals surface area contributed by atoms with Gasteiger partial charge in [-0.1, -0.05) is 5.23 Å². The number of aliphatic hydroxyl groups is 1. The first-order valence-electron chi connectivity index (χ1n) is 1.96. The Kier molecular flexibility index (Phi) is 2.86. The van der Waals surface area contributed by atoms with Gasteiger partial charge in [-0.2, -0.15) is 0 Å². The van der Waals surface area contributed by atoms with Gasteiger partial charge >= 0.3 is 0 Å². The maximum Gasteiger partial charge on any atom is 0.0826 e. The first-order chi connectivity index (χ1) is 3.18. The summed E-state index contributed by atoms with van der Waals surface area (Å²) in [5.74, 6) is 0. The molecule has 0 amide bonds. The molecule has 0 aromatic carbocycles. The third kappa shape index (κ3) is 2.52. The second-order valence-corrected chi connectivity index (χ2v) is 1.35. The number of aliphatic hydroxyl groups excluding tert-OH is 1. The van der Waals surface area contributed by atoms with Crippen molar-refractivity contribution < 1.29 is 15.5 Å². The monoisotopic (exact) mass is 107 g/mol. The van der Waals surface area contributed by atoms with Crippen LogP contribution in [0.2, 0.25) is 0 Å². The summed E-state index contributed by atoms with van der Waals surface area (Å²) in [6, 6.07) is -0.597. The van der Waals surface area contributed by atoms with Crippen LogP contribution in [0.4, 0.5) is 0 Å². The Hall–Kier alpha value is -0.160. The minimum Gasteiger partial charge on any atom is -0.395 e. The number of nitrogens with zero attached hydrogens (tertiary/aromatic N) is 1. The van der Waals surface area contributed by atoms with Crippen LogP contribution in [-0.2, 0) is 0 Å². The highest BCUT2D eigenvalue weighted by Crippen LogP contribution is 1.84. The normalized spacial score (nSPS) is 15.0. The van der Waals surface area contributed by atoms with E-state index in [0.717, 1.165) is 0 Å². The van der Waals surface area contributed by atoms with Gasteiger partial charge in [0.25, 0.3) is 0 Å². The van der Waals surface area contributed by atoms with Gasteiger partial charge in [-0.3, -0.25) is 10.4 Å². The zero-order valence-electron chi connectivity index (χ0n) is 4.07. The second-order valence-electron chi connectivity index (χ2n) is 1.35. The van der Waals surface area contributed by atoms with Crippen LogP contribution >= 0.6 is 0 Å². The van der Waals surface area contributed by atoms with Gasteiger partial charge in [-0.15, -0.1) is 0 Å². The average molecular weight is 107 g/mol. The van der Waals surface area contributed by atoms with Gasteiger partial charge < -0.3 is 5.11 Å². The lowest BCUT2D eigenvalue weighted by atomic mass is 10.4. The fourth-order valence-corrected chi connectivity index (χ4v) is 0.0730. The average Bonchev–Trinajstić information content (AvgIpc) is 1.65. The van der Waals surface area contributed by atoms with Crippen molar-refractivity contribution in [3.05, 3.63) is 0 Å². The van der Waals surface area contributed by atoms with Crippen LogP contribution in [0.1, 0.15) is 6.92 Å². The van der Waals surface area contributed by atoms with E-state index in [0.29, 0.717) is 0 Å². The molecule has 1 unspecified atom stereocenters. The summed E-state index contributed by atoms with van der Waals surface area (Å²) in [6.45, 7) is 1.22. The molecule has 7 heavy (non-hydrogen) atoms. The lowest BCUT2D eigenvalue weighted by Crippen LogP contribution is -2.28. The Bertz CT molecular complexity index is 47.4. The molecule has 0 aromatic heterocycles. The molecule has 4 nitrogen and oxygen atoms in total. The van der Waals surface area contributed by atoms with E-state index in [9.17, 15) is 0 Å². The molecule has 1 atom stereocenters. The molecule has 44 valence electrons. The fourth-order valence-electron chi connectivity index (χ4n) is 0.0730. The highest BCUT2D eigenvalue weighted by Gasteiger charge is 2.03. The molecule has 0 saturated carbocycles. The lowest BCUT2D eigenvalue weighted by molar-refractivity contribution is -0.332. The summed E-state index contributed by atoms with van der Waals surface area (Å²) < 4.78 is 0. The predicted octanol–water partition coefficient (Wildman–Crippen LogP) is -0.552. The lowest BCUT2D eigenvalue weighted by Gasteiger charge is -2.10. The Balaban J connectivity index is 3.14. The maximum atomic E-state index is 8.14. The van der Waals surface area contributed by atoms with Crippen LogP contribution in [0.5, 0.6) is 0 Å². The van der Waals surface area contributed by atoms with Crippen LogP contribution in [-0.4, -0.2) is 33.4 Å². The van der Waals surface area contributed by atoms with E-state index in [2.05, 4.69) is 0 Å². The zero-order valence-corrected chi connectivity index (χ0v) is 4.07. The maximum absolute atomic E-state index is 8.14. The number of hydrogen-bond donors (Lipinski definition) is 3. The van der Waals surface area contributed by atoms with Crippen molar-refractivity contribution in [1.29, 1.82) is 0 Å². The van der Waals surface area contributed by atoms with Crippen molar-refractivity contribution in [3.63, 3.8) is 0 Å². The molecular formula is C3H9NO3. The molecule has 0 fully saturated rings. The van der Waals surface area contributed by atoms with Gasteiger partial charge in [0.05, 0.1) is 12.6 Å². The van der Waals surface area contributed by atoms with Crippen molar-refractivity contribution in [2.45, 2.75) is 13.0 Å². The Labute approximate surface area is 41.5 Å². The molecule has 0 aliphatic heterocycles. The van der Waals surface area contributed by atoms with Gasteiger partial charge in [-0.05, 0) is 6.92 Å². The first kappa shape index (κ1) is 6.84. The predicted molar refractivity (Wildman–Crippen MR) is 22.0 cm³/mol. The van der Waals surface area contributed by atoms with Crippen LogP contribution in [0.15, 0.2) is 0 Å². The molecule has 0 spiro atoms. The topological polar surface area (TPSA) is 63.9 Å². The Morgan fingerprint density at radius 1 is 1.57 bits per heavy atom. The molecule has 0 heterocycles. The van der Waals surface area contributed by atoms with Crippen molar-refractivity contribution in [3.8, 4) is 0 Å². The standard InChI is InChI=1S/C3H9NO3/c1-3(2-5)4(6)7/h3,5-7H,2H2,1H3. The highest BCUT2D eigenvalue weighted by atomic mass is 16.8. The molecule has 0 aliphatic carbocycles. The van der Waals surface area contributed by atoms with Crippen LogP contribution in [0, 0.1) is 0 Å². The zero-order chi connectivity index (χ0) is 5.86. The van der Waals surface area contributed by atoms with E-state index in [-0.39, 0.29) is 11.8 Å². The van der Waals surface area contributed by atoms with Gasteiger partial charge in [0.1, 0.15) is 0 Å². The van der Waals surface area contributed by atoms with Crippen LogP contribution in [0.25, 0.3) is 0 Å². The van der Waals surface area contributed by atoms with E-state index in [1.807, 2.05) is 0 Å². The Morgan fingerprint density at radius 3 is 2.00 bits per heavy atom. The van der Waals surface area contributed by atoms with Crippen LogP contribution < -0.4 is 0 Å². The molecule has 0 bridgehead atoms. The summed E-state index contributed by atoms with van der Waals surface area (Å²) in [5.41, 5.74) is 0. The summed E-state index contributed by atoms with van der Waals surface area (Å²) >= 11 is 0. The van der Waals surface area contributed by atoms with Crippen LogP contribution in [0.3, 0.4) is 0 Å². The molecule has 0 rings (SSSR count). The molecule has 0 saturated heterocycles. The van der Waals surface area contributed by atoms with Gasteiger partial charge in [0, 0.05) is 0 Å². The molecule has 0 aliphatic rings. The molecule has 4 heteroatoms. The molecule has 3 N–H and O–H groups in total. The van der Waals surface area contributed by atoms with E-state index >= 15 is 0 Å². The van der Waals surface area contributed by atoms with E-state index in [4.69, 9.17) is 15.5 Å². The summed E-state index contributed by atoms with van der Waals surface area (Å²) in [6.07, 6.45) is 0. The largest absolute Gasteiger partial charge is 0.395 e. The van der Waals surface area contributed by atoms with Gasteiger partial charge in [0.15, 0.2) is 0 Å². The molecule has 0 radical (unpaired) electrons. The molecule has 0 aromatic rings. The van der Waals surface area contributed by atoms with E-state index < -0.39 is 6.04 Å². The quantitative estimate of drug-likeness (QED) is 0.414. The highest BCUT2D eigenvalue weighted by molar-refractivity contribution is 4.44. The second kappa shape index (κ2) is 2.92. The van der Waals surface area contributed by atoms with E-state index in [1.165, 1.54) is 6.92 Å². The summed E-state index contributed by atoms with van der Waals surface area (Å²) in [7, 11) is 0. The third-order valence-corrected chi connectivity index (χ3v) is 0.658. The molecular weight excluding hydrogens is 98.0 g/mol. The SMILES string of the molecule is CC(CO)N(O)O. The van der Waals surface area contributed by atoms with Crippen molar-refractivity contribution in [2.75, 3.05) is 6.61 Å². The summed E-state index contributed by atoms with van der Waals surface area (Å²) in [5, 5.41) is 24.2. The van der Waals surface area contributed by atoms with Gasteiger partial charge in [-0.25, -0.2) is 0 Å². The minimum absolute atomic E-state index is 0.0278. The van der Waals surface area contributed by atoms with E-state index in [1.54, 1.807) is 0 Å². The number of rotatable bonds is 2. The van der Waals surface area contributed by atoms with Crippen molar-refractivity contribution in [2.24, 2.45) is 0 Å². The Morgan fingerprint density at radius 2 is 2.00 bits per heavy atom. The minimum atomic E-state index is -0.597. The summed E-state index contributed by atoms with van der Waals surface area (Å²) in [4.78, 5) is 0. The van der Waals surface area contributed by atoms with Gasteiger partial charge in [0.2, 0.25) is 0 Å². The third-order valence-electron chi connectivity index (χ3n) is 0.658.